The number of aromatic nitrogens is 2. The number of hydrogen-bond acceptors (Lipinski definition) is 5. The van der Waals surface area contributed by atoms with Crippen LogP contribution in [0.15, 0.2) is 84.1 Å². The highest BCUT2D eigenvalue weighted by Gasteiger charge is 2.26. The molecule has 2 aromatic heterocycles. The molecule has 150 valence electrons. The summed E-state index contributed by atoms with van der Waals surface area (Å²) in [6.45, 7) is 0. The Morgan fingerprint density at radius 2 is 1.60 bits per heavy atom. The number of rotatable bonds is 5. The van der Waals surface area contributed by atoms with Gasteiger partial charge >= 0.3 is 0 Å². The molecule has 0 bridgehead atoms. The minimum Gasteiger partial charge on any atom is -0.319 e. The van der Waals surface area contributed by atoms with E-state index >= 15 is 0 Å². The highest BCUT2D eigenvalue weighted by atomic mass is 35.5. The number of hydrogen-bond donors (Lipinski definition) is 1. The lowest BCUT2D eigenvalue weighted by Gasteiger charge is -2.07. The summed E-state index contributed by atoms with van der Waals surface area (Å²) in [5.41, 5.74) is 0.670. The molecule has 0 atom stereocenters. The van der Waals surface area contributed by atoms with Crippen LogP contribution in [0.3, 0.4) is 0 Å². The first-order chi connectivity index (χ1) is 14.4. The van der Waals surface area contributed by atoms with Gasteiger partial charge in [0.05, 0.1) is 16.0 Å². The van der Waals surface area contributed by atoms with E-state index in [-0.39, 0.29) is 16.0 Å². The molecule has 1 N–H and O–H groups in total. The molecule has 0 radical (unpaired) electrons. The Kier molecular flexibility index (Phi) is 5.11. The van der Waals surface area contributed by atoms with Gasteiger partial charge in [0.1, 0.15) is 0 Å². The van der Waals surface area contributed by atoms with Crippen molar-refractivity contribution < 1.29 is 18.0 Å². The fraction of sp³-hybridized carbons (Fsp3) is 0. The van der Waals surface area contributed by atoms with E-state index < -0.39 is 21.7 Å². The summed E-state index contributed by atoms with van der Waals surface area (Å²) >= 11 is 5.86. The summed E-state index contributed by atoms with van der Waals surface area (Å²) in [6.07, 6.45) is 4.12. The first-order valence-electron chi connectivity index (χ1n) is 8.75. The number of benzene rings is 2. The zero-order valence-electron chi connectivity index (χ0n) is 15.3. The second kappa shape index (κ2) is 7.74. The van der Waals surface area contributed by atoms with E-state index in [9.17, 15) is 18.0 Å². The summed E-state index contributed by atoms with van der Waals surface area (Å²) in [5, 5.41) is 3.24. The molecule has 0 fully saturated rings. The number of nitrogens with zero attached hydrogens (tertiary/aromatic N) is 2. The second-order valence-corrected chi connectivity index (χ2v) is 8.59. The number of anilines is 1. The normalized spacial score (nSPS) is 11.4. The average molecular weight is 440 g/mol. The zero-order valence-corrected chi connectivity index (χ0v) is 16.9. The Labute approximate surface area is 177 Å². The van der Waals surface area contributed by atoms with E-state index in [4.69, 9.17) is 11.6 Å². The summed E-state index contributed by atoms with van der Waals surface area (Å²) in [5.74, 6) is -1.74. The lowest BCUT2D eigenvalue weighted by atomic mass is 10.1. The van der Waals surface area contributed by atoms with Crippen LogP contribution in [-0.4, -0.2) is 29.1 Å². The van der Waals surface area contributed by atoms with E-state index in [0.717, 1.165) is 3.97 Å². The lowest BCUT2D eigenvalue weighted by Crippen LogP contribution is -2.22. The van der Waals surface area contributed by atoms with Crippen molar-refractivity contribution in [1.29, 1.82) is 0 Å². The van der Waals surface area contributed by atoms with Gasteiger partial charge in [-0.25, -0.2) is 12.4 Å². The molecule has 2 aromatic carbocycles. The van der Waals surface area contributed by atoms with Gasteiger partial charge in [0.25, 0.3) is 21.7 Å². The first kappa shape index (κ1) is 19.8. The molecule has 0 aliphatic heterocycles. The number of ketones is 1. The standard InChI is InChI=1S/C21H14ClN3O4S/c22-14-5-7-16(8-6-14)30(28,29)25-13-18(17-3-1-2-4-19(17)25)20(26)21(27)24-15-9-11-23-12-10-15/h1-13H,(H,23,24,27). The van der Waals surface area contributed by atoms with Gasteiger partial charge in [-0.3, -0.25) is 14.6 Å². The van der Waals surface area contributed by atoms with Crippen molar-refractivity contribution in [3.63, 3.8) is 0 Å². The summed E-state index contributed by atoms with van der Waals surface area (Å²) in [6, 6.07) is 15.3. The molecule has 0 saturated carbocycles. The third-order valence-electron chi connectivity index (χ3n) is 4.44. The van der Waals surface area contributed by atoms with Crippen LogP contribution >= 0.6 is 11.6 Å². The van der Waals surface area contributed by atoms with Crippen molar-refractivity contribution in [2.24, 2.45) is 0 Å². The largest absolute Gasteiger partial charge is 0.319 e. The third-order valence-corrected chi connectivity index (χ3v) is 6.38. The smallest absolute Gasteiger partial charge is 0.296 e. The molecule has 0 aliphatic carbocycles. The maximum Gasteiger partial charge on any atom is 0.296 e. The molecular weight excluding hydrogens is 426 g/mol. The van der Waals surface area contributed by atoms with E-state index in [1.54, 1.807) is 36.4 Å². The van der Waals surface area contributed by atoms with Gasteiger partial charge < -0.3 is 5.32 Å². The van der Waals surface area contributed by atoms with Crippen LogP contribution in [0, 0.1) is 0 Å². The van der Waals surface area contributed by atoms with E-state index in [1.807, 2.05) is 0 Å². The number of amides is 1. The molecule has 2 heterocycles. The number of carbonyl (C=O) groups excluding carboxylic acids is 2. The fourth-order valence-corrected chi connectivity index (χ4v) is 4.49. The maximum absolute atomic E-state index is 13.2. The van der Waals surface area contributed by atoms with Gasteiger partial charge in [-0.1, -0.05) is 29.8 Å². The number of nitrogens with one attached hydrogen (secondary N) is 1. The average Bonchev–Trinajstić information content (AvgIpc) is 3.15. The molecule has 4 aromatic rings. The number of pyridine rings is 1. The van der Waals surface area contributed by atoms with Gasteiger partial charge in [0, 0.05) is 34.7 Å². The number of fused-ring (bicyclic) bond motifs is 1. The highest BCUT2D eigenvalue weighted by molar-refractivity contribution is 7.90. The van der Waals surface area contributed by atoms with Crippen molar-refractivity contribution in [2.75, 3.05) is 5.32 Å². The Balaban J connectivity index is 1.78. The van der Waals surface area contributed by atoms with Crippen LogP contribution in [-0.2, 0) is 14.8 Å². The maximum atomic E-state index is 13.2. The predicted octanol–water partition coefficient (Wildman–Crippen LogP) is 3.75. The molecule has 7 nitrogen and oxygen atoms in total. The predicted molar refractivity (Wildman–Crippen MR) is 113 cm³/mol. The van der Waals surface area contributed by atoms with Crippen LogP contribution in [0.1, 0.15) is 10.4 Å². The van der Waals surface area contributed by atoms with Gasteiger partial charge in [-0.2, -0.15) is 0 Å². The Bertz CT molecular complexity index is 1360. The Hall–Kier alpha value is -3.49. The molecule has 0 aliphatic rings. The quantitative estimate of drug-likeness (QED) is 0.377. The van der Waals surface area contributed by atoms with E-state index in [0.29, 0.717) is 16.1 Å². The van der Waals surface area contributed by atoms with Crippen molar-refractivity contribution in [3.05, 3.63) is 89.8 Å². The molecule has 4 rings (SSSR count). The van der Waals surface area contributed by atoms with Gasteiger partial charge in [-0.15, -0.1) is 0 Å². The fourth-order valence-electron chi connectivity index (χ4n) is 3.00. The third kappa shape index (κ3) is 3.58. The van der Waals surface area contributed by atoms with Crippen LogP contribution in [0.25, 0.3) is 10.9 Å². The van der Waals surface area contributed by atoms with Crippen molar-refractivity contribution in [2.45, 2.75) is 4.90 Å². The first-order valence-corrected chi connectivity index (χ1v) is 10.6. The van der Waals surface area contributed by atoms with Gasteiger partial charge in [0.2, 0.25) is 0 Å². The number of para-hydroxylation sites is 1. The number of Topliss-reactive ketones (excluding diaryl/α,β-unsaturated/α-hetero) is 1. The SMILES string of the molecule is O=C(Nc1ccncc1)C(=O)c1cn(S(=O)(=O)c2ccc(Cl)cc2)c2ccccc12. The molecule has 30 heavy (non-hydrogen) atoms. The Morgan fingerprint density at radius 1 is 0.933 bits per heavy atom. The van der Waals surface area contributed by atoms with Crippen molar-refractivity contribution in [3.8, 4) is 0 Å². The molecule has 1 amide bonds. The zero-order chi connectivity index (χ0) is 21.3. The Morgan fingerprint density at radius 3 is 2.30 bits per heavy atom. The number of carbonyl (C=O) groups is 2. The summed E-state index contributed by atoms with van der Waals surface area (Å²) in [4.78, 5) is 29.2. The van der Waals surface area contributed by atoms with E-state index in [2.05, 4.69) is 10.3 Å². The number of halogens is 1. The van der Waals surface area contributed by atoms with Crippen LogP contribution in [0.4, 0.5) is 5.69 Å². The second-order valence-electron chi connectivity index (χ2n) is 6.33. The lowest BCUT2D eigenvalue weighted by molar-refractivity contribution is -0.112. The van der Waals surface area contributed by atoms with Crippen molar-refractivity contribution >= 4 is 49.9 Å². The molecule has 9 heteroatoms. The summed E-state index contributed by atoms with van der Waals surface area (Å²) < 4.78 is 27.3. The topological polar surface area (TPSA) is 98.1 Å². The molecular formula is C21H14ClN3O4S. The minimum atomic E-state index is -4.01. The molecule has 0 saturated heterocycles. The van der Waals surface area contributed by atoms with Crippen molar-refractivity contribution in [1.82, 2.24) is 8.96 Å². The van der Waals surface area contributed by atoms with Gasteiger partial charge in [-0.05, 0) is 42.5 Å². The minimum absolute atomic E-state index is 0.00730. The van der Waals surface area contributed by atoms with Crippen LogP contribution in [0.2, 0.25) is 5.02 Å². The monoisotopic (exact) mass is 439 g/mol. The van der Waals surface area contributed by atoms with Gasteiger partial charge in [0.15, 0.2) is 0 Å². The molecule has 0 spiro atoms. The molecule has 0 unspecified atom stereocenters. The van der Waals surface area contributed by atoms with Crippen LogP contribution in [0.5, 0.6) is 0 Å². The van der Waals surface area contributed by atoms with Crippen LogP contribution < -0.4 is 5.32 Å². The van der Waals surface area contributed by atoms with E-state index in [1.165, 1.54) is 42.9 Å². The summed E-state index contributed by atoms with van der Waals surface area (Å²) in [7, 11) is -4.01. The highest BCUT2D eigenvalue weighted by Crippen LogP contribution is 2.27.